The van der Waals surface area contributed by atoms with Crippen LogP contribution in [0, 0.1) is 10.1 Å². The number of ether oxygens (including phenoxy) is 1. The van der Waals surface area contributed by atoms with Crippen LogP contribution in [0.4, 0.5) is 5.69 Å². The fourth-order valence-corrected chi connectivity index (χ4v) is 3.75. The molecule has 2 amide bonds. The summed E-state index contributed by atoms with van der Waals surface area (Å²) in [5, 5.41) is 20.7. The number of nitrogens with one attached hydrogen (secondary N) is 1. The van der Waals surface area contributed by atoms with E-state index in [0.29, 0.717) is 11.3 Å². The third kappa shape index (κ3) is 5.28. The molecule has 0 saturated carbocycles. The van der Waals surface area contributed by atoms with Gasteiger partial charge in [0.05, 0.1) is 9.83 Å². The van der Waals surface area contributed by atoms with Crippen molar-refractivity contribution in [3.05, 3.63) is 74.7 Å². The Bertz CT molecular complexity index is 1170. The summed E-state index contributed by atoms with van der Waals surface area (Å²) in [6, 6.07) is 11.5. The molecule has 164 valence electrons. The molecule has 1 unspecified atom stereocenters. The van der Waals surface area contributed by atoms with E-state index in [9.17, 15) is 24.5 Å². The first-order valence-electron chi connectivity index (χ1n) is 8.98. The lowest BCUT2D eigenvalue weighted by atomic mass is 10.2. The molecule has 1 heterocycles. The maximum atomic E-state index is 12.7. The number of nitro benzene ring substituents is 1. The molecule has 3 rings (SSSR count). The van der Waals surface area contributed by atoms with Crippen molar-refractivity contribution < 1.29 is 29.2 Å². The summed E-state index contributed by atoms with van der Waals surface area (Å²) in [6.45, 7) is 1.39. The van der Waals surface area contributed by atoms with Gasteiger partial charge in [-0.05, 0) is 49.0 Å². The molecule has 2 aromatic rings. The fraction of sp³-hybridized carbons (Fsp3) is 0.100. The van der Waals surface area contributed by atoms with Crippen molar-refractivity contribution in [1.82, 2.24) is 10.4 Å². The van der Waals surface area contributed by atoms with Crippen LogP contribution in [0.25, 0.3) is 6.08 Å². The monoisotopic (exact) mass is 473 g/mol. The van der Waals surface area contributed by atoms with Gasteiger partial charge in [0.15, 0.2) is 10.4 Å². The molecular formula is C20H15N3O7S2. The number of nitro groups is 1. The fourth-order valence-electron chi connectivity index (χ4n) is 2.57. The van der Waals surface area contributed by atoms with E-state index in [2.05, 4.69) is 5.43 Å². The van der Waals surface area contributed by atoms with Gasteiger partial charge in [0.25, 0.3) is 17.5 Å². The van der Waals surface area contributed by atoms with Crippen molar-refractivity contribution in [1.29, 1.82) is 0 Å². The number of thiocarbonyl (C=S) groups is 1. The van der Waals surface area contributed by atoms with Crippen molar-refractivity contribution in [2.45, 2.75) is 13.0 Å². The molecule has 0 aromatic heterocycles. The summed E-state index contributed by atoms with van der Waals surface area (Å²) in [6.07, 6.45) is 0.476. The summed E-state index contributed by atoms with van der Waals surface area (Å²) < 4.78 is 5.39. The zero-order chi connectivity index (χ0) is 23.4. The minimum atomic E-state index is -1.12. The van der Waals surface area contributed by atoms with Crippen molar-refractivity contribution >= 4 is 57.8 Å². The summed E-state index contributed by atoms with van der Waals surface area (Å²) >= 11 is 6.13. The lowest BCUT2D eigenvalue weighted by Crippen LogP contribution is -2.44. The van der Waals surface area contributed by atoms with E-state index in [-0.39, 0.29) is 20.5 Å². The summed E-state index contributed by atoms with van der Waals surface area (Å²) in [5.74, 6) is -2.12. The van der Waals surface area contributed by atoms with Gasteiger partial charge < -0.3 is 9.84 Å². The summed E-state index contributed by atoms with van der Waals surface area (Å²) in [4.78, 5) is 46.6. The van der Waals surface area contributed by atoms with Crippen LogP contribution in [-0.2, 0) is 9.59 Å². The molecule has 1 saturated heterocycles. The van der Waals surface area contributed by atoms with Gasteiger partial charge in [-0.3, -0.25) is 25.1 Å². The lowest BCUT2D eigenvalue weighted by Gasteiger charge is -2.15. The Hall–Kier alpha value is -3.77. The minimum absolute atomic E-state index is 0.00497. The molecule has 12 heteroatoms. The standard InChI is InChI=1S/C20H15N3O7S2/c1-11(19(26)27)30-15-7-2-4-12(8-15)9-16-18(25)22(20(31)32-16)21-17(24)13-5-3-6-14(10-13)23(28)29/h2-11H,1H3,(H,21,24)(H,26,27)/b16-9+. The average Bonchev–Trinajstić information content (AvgIpc) is 3.01. The molecule has 2 N–H and O–H groups in total. The second kappa shape index (κ2) is 9.58. The Morgan fingerprint density at radius 2 is 2.00 bits per heavy atom. The van der Waals surface area contributed by atoms with Crippen LogP contribution in [0.15, 0.2) is 53.4 Å². The van der Waals surface area contributed by atoms with Crippen LogP contribution < -0.4 is 10.2 Å². The molecule has 32 heavy (non-hydrogen) atoms. The molecule has 2 aromatic carbocycles. The number of non-ortho nitro benzene ring substituents is 1. The molecule has 10 nitrogen and oxygen atoms in total. The van der Waals surface area contributed by atoms with Crippen LogP contribution in [0.5, 0.6) is 5.75 Å². The number of benzene rings is 2. The van der Waals surface area contributed by atoms with Crippen LogP contribution >= 0.6 is 24.0 Å². The molecule has 0 bridgehead atoms. The number of carbonyl (C=O) groups is 3. The van der Waals surface area contributed by atoms with E-state index < -0.39 is 28.8 Å². The number of thioether (sulfide) groups is 1. The molecule has 0 aliphatic carbocycles. The molecule has 0 radical (unpaired) electrons. The van der Waals surface area contributed by atoms with Crippen LogP contribution in [-0.4, -0.2) is 43.2 Å². The minimum Gasteiger partial charge on any atom is -0.479 e. The summed E-state index contributed by atoms with van der Waals surface area (Å²) in [7, 11) is 0. The normalized spacial score (nSPS) is 15.5. The molecule has 0 spiro atoms. The van der Waals surface area contributed by atoms with E-state index in [4.69, 9.17) is 22.1 Å². The van der Waals surface area contributed by atoms with Crippen molar-refractivity contribution in [3.63, 3.8) is 0 Å². The van der Waals surface area contributed by atoms with Gasteiger partial charge in [0.1, 0.15) is 5.75 Å². The molecule has 1 fully saturated rings. The van der Waals surface area contributed by atoms with Gasteiger partial charge in [0.2, 0.25) is 0 Å². The first kappa shape index (κ1) is 22.9. The quantitative estimate of drug-likeness (QED) is 0.269. The van der Waals surface area contributed by atoms with E-state index in [1.165, 1.54) is 31.2 Å². The molecule has 1 aliphatic rings. The maximum Gasteiger partial charge on any atom is 0.344 e. The van der Waals surface area contributed by atoms with Crippen LogP contribution in [0.1, 0.15) is 22.8 Å². The Balaban J connectivity index is 1.75. The smallest absolute Gasteiger partial charge is 0.344 e. The van der Waals surface area contributed by atoms with Crippen molar-refractivity contribution in [2.24, 2.45) is 0 Å². The van der Waals surface area contributed by atoms with Gasteiger partial charge in [0, 0.05) is 17.7 Å². The number of hydrazine groups is 1. The number of aliphatic carboxylic acids is 1. The summed E-state index contributed by atoms with van der Waals surface area (Å²) in [5.41, 5.74) is 2.65. The first-order valence-corrected chi connectivity index (χ1v) is 10.2. The number of carboxylic acid groups (broad SMARTS) is 1. The average molecular weight is 473 g/mol. The molecule has 1 atom stereocenters. The Morgan fingerprint density at radius 3 is 2.69 bits per heavy atom. The number of amides is 2. The maximum absolute atomic E-state index is 12.7. The molecular weight excluding hydrogens is 458 g/mol. The van der Waals surface area contributed by atoms with Crippen molar-refractivity contribution in [3.8, 4) is 5.75 Å². The van der Waals surface area contributed by atoms with Crippen LogP contribution in [0.3, 0.4) is 0 Å². The van der Waals surface area contributed by atoms with E-state index >= 15 is 0 Å². The number of hydrogen-bond acceptors (Lipinski definition) is 8. The van der Waals surface area contributed by atoms with E-state index in [1.54, 1.807) is 24.3 Å². The third-order valence-electron chi connectivity index (χ3n) is 4.14. The van der Waals surface area contributed by atoms with Gasteiger partial charge in [-0.1, -0.05) is 30.0 Å². The zero-order valence-corrected chi connectivity index (χ0v) is 18.0. The third-order valence-corrected chi connectivity index (χ3v) is 5.44. The van der Waals surface area contributed by atoms with Gasteiger partial charge in [-0.2, -0.15) is 5.01 Å². The highest BCUT2D eigenvalue weighted by Gasteiger charge is 2.34. The highest BCUT2D eigenvalue weighted by Crippen LogP contribution is 2.32. The number of rotatable bonds is 7. The van der Waals surface area contributed by atoms with Crippen LogP contribution in [0.2, 0.25) is 0 Å². The number of carbonyl (C=O) groups excluding carboxylic acids is 2. The topological polar surface area (TPSA) is 139 Å². The number of nitrogens with zero attached hydrogens (tertiary/aromatic N) is 2. The SMILES string of the molecule is CC(Oc1cccc(/C=C2/SC(=S)N(NC(=O)c3cccc([N+](=O)[O-])c3)C2=O)c1)C(=O)O. The predicted octanol–water partition coefficient (Wildman–Crippen LogP) is 2.99. The first-order chi connectivity index (χ1) is 15.2. The van der Waals surface area contributed by atoms with Gasteiger partial charge in [-0.15, -0.1) is 0 Å². The Labute approximate surface area is 191 Å². The Kier molecular flexibility index (Phi) is 6.85. The highest BCUT2D eigenvalue weighted by atomic mass is 32.2. The number of hydrogen-bond donors (Lipinski definition) is 2. The second-order valence-corrected chi connectivity index (χ2v) is 8.11. The zero-order valence-electron chi connectivity index (χ0n) is 16.4. The second-order valence-electron chi connectivity index (χ2n) is 6.44. The van der Waals surface area contributed by atoms with E-state index in [0.717, 1.165) is 22.8 Å². The van der Waals surface area contributed by atoms with E-state index in [1.807, 2.05) is 0 Å². The van der Waals surface area contributed by atoms with Crippen molar-refractivity contribution in [2.75, 3.05) is 0 Å². The largest absolute Gasteiger partial charge is 0.479 e. The highest BCUT2D eigenvalue weighted by molar-refractivity contribution is 8.26. The number of carboxylic acids is 1. The predicted molar refractivity (Wildman–Crippen MR) is 120 cm³/mol. The molecule has 1 aliphatic heterocycles. The Morgan fingerprint density at radius 1 is 1.28 bits per heavy atom. The van der Waals surface area contributed by atoms with Gasteiger partial charge >= 0.3 is 5.97 Å². The van der Waals surface area contributed by atoms with Gasteiger partial charge in [-0.25, -0.2) is 4.79 Å². The lowest BCUT2D eigenvalue weighted by molar-refractivity contribution is -0.384.